The Morgan fingerprint density at radius 2 is 2.07 bits per heavy atom. The van der Waals surface area contributed by atoms with Gasteiger partial charge in [-0.05, 0) is 38.1 Å². The van der Waals surface area contributed by atoms with Crippen LogP contribution in [-0.4, -0.2) is 79.1 Å². The van der Waals surface area contributed by atoms with E-state index < -0.39 is 5.60 Å². The van der Waals surface area contributed by atoms with E-state index in [0.29, 0.717) is 18.4 Å². The fraction of sp³-hybridized carbons (Fsp3) is 0.714. The molecule has 1 aliphatic heterocycles. The van der Waals surface area contributed by atoms with Gasteiger partial charge in [0.15, 0.2) is 5.96 Å². The highest BCUT2D eigenvalue weighted by Gasteiger charge is 2.31. The Bertz CT molecular complexity index is 665. The van der Waals surface area contributed by atoms with Crippen LogP contribution in [-0.2, 0) is 10.4 Å². The molecule has 1 aromatic heterocycles. The number of hydrogen-bond acceptors (Lipinski definition) is 5. The summed E-state index contributed by atoms with van der Waals surface area (Å²) >= 11 is 1.55. The Morgan fingerprint density at radius 3 is 2.66 bits per heavy atom. The molecule has 1 saturated carbocycles. The number of carbonyl (C=O) groups excluding carboxylic acids is 1. The molecule has 0 radical (unpaired) electrons. The molecule has 1 atom stereocenters. The number of thiophene rings is 1. The smallest absolute Gasteiger partial charge is 0.225 e. The topological polar surface area (TPSA) is 80.2 Å². The summed E-state index contributed by atoms with van der Waals surface area (Å²) in [7, 11) is 0. The second-order valence-electron chi connectivity index (χ2n) is 8.17. The van der Waals surface area contributed by atoms with E-state index in [-0.39, 0.29) is 0 Å². The van der Waals surface area contributed by atoms with Crippen LogP contribution in [0.5, 0.6) is 0 Å². The SMILES string of the molecule is CCNC(=NCC(C)(O)c1cccs1)NCCN1CCN(C(=O)C2CCC2)CC1. The van der Waals surface area contributed by atoms with Crippen molar-refractivity contribution in [3.63, 3.8) is 0 Å². The zero-order chi connectivity index (χ0) is 20.7. The summed E-state index contributed by atoms with van der Waals surface area (Å²) in [6, 6.07) is 3.89. The van der Waals surface area contributed by atoms with Crippen molar-refractivity contribution in [2.75, 3.05) is 52.4 Å². The van der Waals surface area contributed by atoms with Gasteiger partial charge in [-0.3, -0.25) is 9.69 Å². The van der Waals surface area contributed by atoms with Crippen LogP contribution in [0.3, 0.4) is 0 Å². The molecule has 2 aliphatic rings. The summed E-state index contributed by atoms with van der Waals surface area (Å²) in [5.74, 6) is 1.39. The average molecular weight is 422 g/mol. The van der Waals surface area contributed by atoms with Crippen LogP contribution in [0.1, 0.15) is 38.0 Å². The summed E-state index contributed by atoms with van der Waals surface area (Å²) in [6.45, 7) is 10.2. The van der Waals surface area contributed by atoms with Crippen molar-refractivity contribution in [2.24, 2.45) is 10.9 Å². The molecule has 29 heavy (non-hydrogen) atoms. The maximum Gasteiger partial charge on any atom is 0.225 e. The number of aliphatic hydroxyl groups is 1. The van der Waals surface area contributed by atoms with Gasteiger partial charge in [-0.15, -0.1) is 11.3 Å². The molecule has 0 spiro atoms. The Hall–Kier alpha value is -1.64. The Balaban J connectivity index is 1.40. The van der Waals surface area contributed by atoms with Gasteiger partial charge < -0.3 is 20.6 Å². The van der Waals surface area contributed by atoms with Gasteiger partial charge in [-0.1, -0.05) is 12.5 Å². The molecule has 1 aromatic rings. The van der Waals surface area contributed by atoms with Crippen molar-refractivity contribution < 1.29 is 9.90 Å². The Kier molecular flexibility index (Phi) is 7.91. The maximum atomic E-state index is 12.4. The van der Waals surface area contributed by atoms with Gasteiger partial charge in [0.25, 0.3) is 0 Å². The highest BCUT2D eigenvalue weighted by Crippen LogP contribution is 2.28. The van der Waals surface area contributed by atoms with E-state index in [0.717, 1.165) is 69.5 Å². The Morgan fingerprint density at radius 1 is 1.31 bits per heavy atom. The minimum Gasteiger partial charge on any atom is -0.383 e. The third-order valence-electron chi connectivity index (χ3n) is 5.80. The summed E-state index contributed by atoms with van der Waals surface area (Å²) in [6.07, 6.45) is 3.37. The van der Waals surface area contributed by atoms with Crippen LogP contribution in [0.25, 0.3) is 0 Å². The first kappa shape index (κ1) is 22.1. The number of rotatable bonds is 8. The van der Waals surface area contributed by atoms with Gasteiger partial charge in [0.2, 0.25) is 5.91 Å². The molecule has 2 fully saturated rings. The van der Waals surface area contributed by atoms with Crippen LogP contribution in [0, 0.1) is 5.92 Å². The third kappa shape index (κ3) is 6.17. The van der Waals surface area contributed by atoms with E-state index in [4.69, 9.17) is 0 Å². The van der Waals surface area contributed by atoms with Gasteiger partial charge in [-0.2, -0.15) is 0 Å². The largest absolute Gasteiger partial charge is 0.383 e. The van der Waals surface area contributed by atoms with E-state index in [2.05, 4.69) is 20.5 Å². The standard InChI is InChI=1S/C21H35N5O2S/c1-3-22-20(24-16-21(2,28)18-8-5-15-29-18)23-9-10-25-11-13-26(14-12-25)19(27)17-6-4-7-17/h5,8,15,17,28H,3-4,6-7,9-14,16H2,1-2H3,(H2,22,23,24). The molecule has 1 unspecified atom stereocenters. The van der Waals surface area contributed by atoms with Gasteiger partial charge in [0, 0.05) is 56.6 Å². The molecule has 1 amide bonds. The minimum absolute atomic E-state index is 0.300. The molecule has 162 valence electrons. The van der Waals surface area contributed by atoms with Crippen LogP contribution in [0.2, 0.25) is 0 Å². The lowest BCUT2D eigenvalue weighted by molar-refractivity contribution is -0.139. The molecular weight excluding hydrogens is 386 g/mol. The summed E-state index contributed by atoms with van der Waals surface area (Å²) in [4.78, 5) is 22.3. The molecule has 0 bridgehead atoms. The molecule has 3 rings (SSSR count). The van der Waals surface area contributed by atoms with Crippen molar-refractivity contribution in [2.45, 2.75) is 38.7 Å². The van der Waals surface area contributed by atoms with Gasteiger partial charge in [0.05, 0.1) is 6.54 Å². The molecule has 1 aliphatic carbocycles. The predicted octanol–water partition coefficient (Wildman–Crippen LogP) is 1.46. The molecule has 0 aromatic carbocycles. The highest BCUT2D eigenvalue weighted by atomic mass is 32.1. The van der Waals surface area contributed by atoms with Crippen molar-refractivity contribution in [1.82, 2.24) is 20.4 Å². The van der Waals surface area contributed by atoms with Crippen molar-refractivity contribution in [1.29, 1.82) is 0 Å². The van der Waals surface area contributed by atoms with Gasteiger partial charge >= 0.3 is 0 Å². The average Bonchev–Trinajstić information content (AvgIpc) is 3.21. The number of hydrogen-bond donors (Lipinski definition) is 3. The zero-order valence-corrected chi connectivity index (χ0v) is 18.5. The Labute approximate surface area is 178 Å². The first-order valence-electron chi connectivity index (χ1n) is 10.8. The fourth-order valence-corrected chi connectivity index (χ4v) is 4.45. The lowest BCUT2D eigenvalue weighted by Crippen LogP contribution is -2.52. The first-order chi connectivity index (χ1) is 14.0. The maximum absolute atomic E-state index is 12.4. The second-order valence-corrected chi connectivity index (χ2v) is 9.12. The van der Waals surface area contributed by atoms with Crippen molar-refractivity contribution >= 4 is 23.2 Å². The van der Waals surface area contributed by atoms with Gasteiger partial charge in [0.1, 0.15) is 5.60 Å². The van der Waals surface area contributed by atoms with Crippen molar-refractivity contribution in [3.8, 4) is 0 Å². The quantitative estimate of drug-likeness (QED) is 0.437. The normalized spacial score (nSPS) is 20.8. The van der Waals surface area contributed by atoms with Crippen LogP contribution >= 0.6 is 11.3 Å². The first-order valence-corrected chi connectivity index (χ1v) is 11.7. The minimum atomic E-state index is -0.959. The number of piperazine rings is 1. The number of nitrogens with zero attached hydrogens (tertiary/aromatic N) is 3. The fourth-order valence-electron chi connectivity index (χ4n) is 3.68. The van der Waals surface area contributed by atoms with Crippen LogP contribution in [0.15, 0.2) is 22.5 Å². The zero-order valence-electron chi connectivity index (χ0n) is 17.7. The number of aliphatic imine (C=N–C) groups is 1. The van der Waals surface area contributed by atoms with Crippen LogP contribution in [0.4, 0.5) is 0 Å². The summed E-state index contributed by atoms with van der Waals surface area (Å²) in [5.41, 5.74) is -0.959. The van der Waals surface area contributed by atoms with E-state index in [1.807, 2.05) is 29.3 Å². The monoisotopic (exact) mass is 421 g/mol. The number of amides is 1. The highest BCUT2D eigenvalue weighted by molar-refractivity contribution is 7.10. The number of carbonyl (C=O) groups is 1. The van der Waals surface area contributed by atoms with E-state index >= 15 is 0 Å². The van der Waals surface area contributed by atoms with E-state index in [9.17, 15) is 9.90 Å². The summed E-state index contributed by atoms with van der Waals surface area (Å²) < 4.78 is 0. The predicted molar refractivity (Wildman–Crippen MR) is 118 cm³/mol. The molecule has 2 heterocycles. The van der Waals surface area contributed by atoms with Crippen LogP contribution < -0.4 is 10.6 Å². The number of nitrogens with one attached hydrogen (secondary N) is 2. The summed E-state index contributed by atoms with van der Waals surface area (Å²) in [5, 5.41) is 19.2. The molecule has 1 saturated heterocycles. The number of guanidine groups is 1. The van der Waals surface area contributed by atoms with Gasteiger partial charge in [-0.25, -0.2) is 4.99 Å². The molecule has 8 heteroatoms. The van der Waals surface area contributed by atoms with E-state index in [1.54, 1.807) is 18.3 Å². The van der Waals surface area contributed by atoms with E-state index in [1.165, 1.54) is 6.42 Å². The molecular formula is C21H35N5O2S. The molecule has 3 N–H and O–H groups in total. The molecule has 7 nitrogen and oxygen atoms in total. The lowest BCUT2D eigenvalue weighted by atomic mass is 9.84. The van der Waals surface area contributed by atoms with Crippen molar-refractivity contribution in [3.05, 3.63) is 22.4 Å². The lowest BCUT2D eigenvalue weighted by Gasteiger charge is -2.38. The third-order valence-corrected chi connectivity index (χ3v) is 6.92. The second kappa shape index (κ2) is 10.4.